The number of fused-ring (bicyclic) bond motifs is 7. The van der Waals surface area contributed by atoms with Gasteiger partial charge in [0.2, 0.25) is 0 Å². The Kier molecular flexibility index (Phi) is 1.98. The van der Waals surface area contributed by atoms with Gasteiger partial charge in [0.25, 0.3) is 0 Å². The van der Waals surface area contributed by atoms with Crippen LogP contribution in [-0.2, 0) is 12.0 Å². The highest BCUT2D eigenvalue weighted by Gasteiger charge is 2.45. The van der Waals surface area contributed by atoms with Crippen molar-refractivity contribution in [1.29, 1.82) is 0 Å². The van der Waals surface area contributed by atoms with E-state index in [1.165, 1.54) is 22.3 Å². The molecular weight excluding hydrogens is 242 g/mol. The molecular formula is C16H14ClN. The summed E-state index contributed by atoms with van der Waals surface area (Å²) in [6.45, 7) is 2.26. The molecule has 4 rings (SSSR count). The summed E-state index contributed by atoms with van der Waals surface area (Å²) < 4.78 is 0. The predicted octanol–water partition coefficient (Wildman–Crippen LogP) is 3.80. The predicted molar refractivity (Wildman–Crippen MR) is 73.9 cm³/mol. The van der Waals surface area contributed by atoms with E-state index in [9.17, 15) is 0 Å². The van der Waals surface area contributed by atoms with Crippen molar-refractivity contribution in [3.8, 4) is 0 Å². The lowest BCUT2D eigenvalue weighted by Gasteiger charge is -2.34. The Balaban J connectivity index is 2.04. The summed E-state index contributed by atoms with van der Waals surface area (Å²) >= 11 is 6.17. The maximum atomic E-state index is 6.17. The van der Waals surface area contributed by atoms with Crippen molar-refractivity contribution in [3.05, 3.63) is 69.7 Å². The van der Waals surface area contributed by atoms with Crippen LogP contribution in [0.2, 0.25) is 5.02 Å². The molecule has 2 aromatic rings. The molecule has 0 saturated heterocycles. The topological polar surface area (TPSA) is 12.0 Å². The highest BCUT2D eigenvalue weighted by Crippen LogP contribution is 2.48. The Morgan fingerprint density at radius 3 is 2.89 bits per heavy atom. The Hall–Kier alpha value is -1.31. The first-order valence-electron chi connectivity index (χ1n) is 6.34. The van der Waals surface area contributed by atoms with Gasteiger partial charge in [-0.1, -0.05) is 41.9 Å². The van der Waals surface area contributed by atoms with Gasteiger partial charge in [-0.25, -0.2) is 0 Å². The maximum Gasteiger partial charge on any atom is 0.0673 e. The van der Waals surface area contributed by atoms with Crippen LogP contribution >= 0.6 is 11.6 Å². The van der Waals surface area contributed by atoms with Gasteiger partial charge in [-0.05, 0) is 47.7 Å². The van der Waals surface area contributed by atoms with Gasteiger partial charge in [0.1, 0.15) is 0 Å². The summed E-state index contributed by atoms with van der Waals surface area (Å²) in [6, 6.07) is 15.5. The van der Waals surface area contributed by atoms with Gasteiger partial charge in [-0.2, -0.15) is 0 Å². The fourth-order valence-electron chi connectivity index (χ4n) is 3.56. The van der Waals surface area contributed by atoms with Crippen molar-refractivity contribution in [2.24, 2.45) is 0 Å². The van der Waals surface area contributed by atoms with Crippen LogP contribution in [0.25, 0.3) is 0 Å². The molecule has 0 spiro atoms. The summed E-state index contributed by atoms with van der Waals surface area (Å²) in [4.78, 5) is 0. The molecule has 2 atom stereocenters. The number of hydrogen-bond donors (Lipinski definition) is 1. The highest BCUT2D eigenvalue weighted by molar-refractivity contribution is 6.30. The summed E-state index contributed by atoms with van der Waals surface area (Å²) in [5.74, 6) is 0. The van der Waals surface area contributed by atoms with Crippen molar-refractivity contribution >= 4 is 11.6 Å². The SMILES string of the molecule is C[C@@]12N[C@@H](Cc3ccc(Cl)cc31)c1ccccc12. The smallest absolute Gasteiger partial charge is 0.0673 e. The standard InChI is InChI=1S/C16H14ClN/c1-16-13-5-3-2-4-12(13)15(18-16)8-10-6-7-11(17)9-14(10)16/h2-7,9,15,18H,8H2,1H3/t15-,16-/m0/s1. The second-order valence-electron chi connectivity index (χ2n) is 5.41. The first-order chi connectivity index (χ1) is 8.68. The number of benzene rings is 2. The molecule has 2 heterocycles. The molecule has 0 unspecified atom stereocenters. The van der Waals surface area contributed by atoms with Crippen molar-refractivity contribution in [2.75, 3.05) is 0 Å². The van der Waals surface area contributed by atoms with Crippen molar-refractivity contribution in [3.63, 3.8) is 0 Å². The summed E-state index contributed by atoms with van der Waals surface area (Å²) in [5, 5.41) is 4.58. The van der Waals surface area contributed by atoms with E-state index >= 15 is 0 Å². The lowest BCUT2D eigenvalue weighted by Crippen LogP contribution is -2.41. The van der Waals surface area contributed by atoms with Crippen molar-refractivity contribution < 1.29 is 0 Å². The first kappa shape index (κ1) is 10.6. The lowest BCUT2D eigenvalue weighted by atomic mass is 9.82. The van der Waals surface area contributed by atoms with E-state index in [0.717, 1.165) is 11.4 Å². The third kappa shape index (κ3) is 1.21. The van der Waals surface area contributed by atoms with Crippen molar-refractivity contribution in [2.45, 2.75) is 24.9 Å². The van der Waals surface area contributed by atoms with Crippen LogP contribution in [-0.4, -0.2) is 0 Å². The molecule has 0 fully saturated rings. The van der Waals surface area contributed by atoms with E-state index < -0.39 is 0 Å². The lowest BCUT2D eigenvalue weighted by molar-refractivity contribution is 0.389. The van der Waals surface area contributed by atoms with Crippen molar-refractivity contribution in [1.82, 2.24) is 5.32 Å². The zero-order valence-corrected chi connectivity index (χ0v) is 11.0. The van der Waals surface area contributed by atoms with Gasteiger partial charge in [-0.3, -0.25) is 5.32 Å². The fourth-order valence-corrected chi connectivity index (χ4v) is 3.73. The Morgan fingerprint density at radius 1 is 1.17 bits per heavy atom. The normalized spacial score (nSPS) is 27.8. The van der Waals surface area contributed by atoms with Crippen LogP contribution in [0.4, 0.5) is 0 Å². The molecule has 1 nitrogen and oxygen atoms in total. The highest BCUT2D eigenvalue weighted by atomic mass is 35.5. The molecule has 1 N–H and O–H groups in total. The van der Waals surface area contributed by atoms with Crippen LogP contribution in [0.3, 0.4) is 0 Å². The molecule has 0 saturated carbocycles. The number of rotatable bonds is 0. The van der Waals surface area contributed by atoms with Crippen LogP contribution in [0.15, 0.2) is 42.5 Å². The average molecular weight is 256 g/mol. The largest absolute Gasteiger partial charge is 0.297 e. The van der Waals surface area contributed by atoms with Gasteiger partial charge in [0, 0.05) is 11.1 Å². The zero-order chi connectivity index (χ0) is 12.3. The van der Waals surface area contributed by atoms with Crippen LogP contribution in [0.5, 0.6) is 0 Å². The van der Waals surface area contributed by atoms with Gasteiger partial charge >= 0.3 is 0 Å². The van der Waals surface area contributed by atoms with E-state index in [2.05, 4.69) is 48.6 Å². The molecule has 0 amide bonds. The summed E-state index contributed by atoms with van der Waals surface area (Å²) in [7, 11) is 0. The fraction of sp³-hybridized carbons (Fsp3) is 0.250. The minimum atomic E-state index is -0.0836. The van der Waals surface area contributed by atoms with E-state index in [4.69, 9.17) is 11.6 Å². The number of halogens is 1. The second-order valence-corrected chi connectivity index (χ2v) is 5.85. The van der Waals surface area contributed by atoms with E-state index in [1.807, 2.05) is 6.07 Å². The Labute approximate surface area is 112 Å². The molecule has 2 aliphatic rings. The van der Waals surface area contributed by atoms with E-state index in [0.29, 0.717) is 6.04 Å². The van der Waals surface area contributed by atoms with Crippen LogP contribution in [0, 0.1) is 0 Å². The number of hydrogen-bond acceptors (Lipinski definition) is 1. The average Bonchev–Trinajstić information content (AvgIpc) is 2.62. The quantitative estimate of drug-likeness (QED) is 0.755. The monoisotopic (exact) mass is 255 g/mol. The molecule has 18 heavy (non-hydrogen) atoms. The summed E-state index contributed by atoms with van der Waals surface area (Å²) in [6.07, 6.45) is 1.05. The molecule has 90 valence electrons. The zero-order valence-electron chi connectivity index (χ0n) is 10.2. The minimum absolute atomic E-state index is 0.0836. The van der Waals surface area contributed by atoms with Gasteiger partial charge in [0.15, 0.2) is 0 Å². The molecule has 0 radical (unpaired) electrons. The molecule has 2 heteroatoms. The van der Waals surface area contributed by atoms with Gasteiger partial charge in [-0.15, -0.1) is 0 Å². The Bertz CT molecular complexity index is 649. The summed E-state index contributed by atoms with van der Waals surface area (Å²) in [5.41, 5.74) is 5.50. The molecule has 0 aliphatic carbocycles. The minimum Gasteiger partial charge on any atom is -0.297 e. The van der Waals surface area contributed by atoms with Gasteiger partial charge in [0.05, 0.1) is 5.54 Å². The van der Waals surface area contributed by atoms with Gasteiger partial charge < -0.3 is 0 Å². The third-order valence-electron chi connectivity index (χ3n) is 4.37. The second kappa shape index (κ2) is 3.37. The Morgan fingerprint density at radius 2 is 2.00 bits per heavy atom. The van der Waals surface area contributed by atoms with E-state index in [1.54, 1.807) is 0 Å². The van der Waals surface area contributed by atoms with Crippen LogP contribution in [0.1, 0.15) is 35.2 Å². The molecule has 2 aromatic carbocycles. The third-order valence-corrected chi connectivity index (χ3v) is 4.61. The van der Waals surface area contributed by atoms with E-state index in [-0.39, 0.29) is 5.54 Å². The molecule has 0 aromatic heterocycles. The number of nitrogens with one attached hydrogen (secondary N) is 1. The van der Waals surface area contributed by atoms with Crippen LogP contribution < -0.4 is 5.32 Å². The molecule has 2 aliphatic heterocycles. The molecule has 2 bridgehead atoms. The maximum absolute atomic E-state index is 6.17. The first-order valence-corrected chi connectivity index (χ1v) is 6.72.